The largest absolute Gasteiger partial charge is 0.392 e. The smallest absolute Gasteiger partial charge is 0.0687 e. The summed E-state index contributed by atoms with van der Waals surface area (Å²) in [5.41, 5.74) is -0.305. The van der Waals surface area contributed by atoms with E-state index in [0.717, 1.165) is 19.3 Å². The Bertz CT molecular complexity index is 258. The minimum atomic E-state index is -0.224. The fourth-order valence-electron chi connectivity index (χ4n) is 3.55. The van der Waals surface area contributed by atoms with Gasteiger partial charge in [-0.1, -0.05) is 33.1 Å². The van der Waals surface area contributed by atoms with E-state index >= 15 is 0 Å². The van der Waals surface area contributed by atoms with Gasteiger partial charge in [-0.3, -0.25) is 0 Å². The summed E-state index contributed by atoms with van der Waals surface area (Å²) in [6, 6.07) is 0. The zero-order valence-electron chi connectivity index (χ0n) is 13.1. The SMILES string of the molecule is CCCCC(CC)C(O)C1CC(C)(C)OC1(C)C. The first-order valence-corrected chi connectivity index (χ1v) is 7.61. The quantitative estimate of drug-likeness (QED) is 0.773. The topological polar surface area (TPSA) is 29.5 Å². The molecule has 0 amide bonds. The fourth-order valence-corrected chi connectivity index (χ4v) is 3.55. The van der Waals surface area contributed by atoms with Crippen LogP contribution in [0.25, 0.3) is 0 Å². The molecule has 108 valence electrons. The van der Waals surface area contributed by atoms with Crippen LogP contribution in [0.3, 0.4) is 0 Å². The molecule has 2 nitrogen and oxygen atoms in total. The van der Waals surface area contributed by atoms with Crippen LogP contribution in [0.1, 0.15) is 73.6 Å². The molecule has 1 rings (SSSR count). The van der Waals surface area contributed by atoms with Crippen molar-refractivity contribution in [2.45, 2.75) is 91.0 Å². The molecule has 0 spiro atoms. The molecule has 3 atom stereocenters. The van der Waals surface area contributed by atoms with Crippen LogP contribution in [0.4, 0.5) is 0 Å². The zero-order valence-corrected chi connectivity index (χ0v) is 13.1. The standard InChI is InChI=1S/C16H32O2/c1-7-9-10-12(8-2)14(17)13-11-15(3,4)18-16(13,5)6/h12-14,17H,7-11H2,1-6H3. The molecule has 0 aromatic heterocycles. The van der Waals surface area contributed by atoms with Crippen LogP contribution in [-0.2, 0) is 4.74 Å². The number of aliphatic hydroxyl groups is 1. The Balaban J connectivity index is 2.72. The Morgan fingerprint density at radius 2 is 1.83 bits per heavy atom. The van der Waals surface area contributed by atoms with Crippen molar-refractivity contribution in [3.63, 3.8) is 0 Å². The predicted molar refractivity (Wildman–Crippen MR) is 76.7 cm³/mol. The van der Waals surface area contributed by atoms with E-state index in [-0.39, 0.29) is 23.2 Å². The molecule has 1 fully saturated rings. The lowest BCUT2D eigenvalue weighted by molar-refractivity contribution is -0.0943. The van der Waals surface area contributed by atoms with Crippen LogP contribution in [0.2, 0.25) is 0 Å². The highest BCUT2D eigenvalue weighted by Gasteiger charge is 2.49. The molecule has 0 bridgehead atoms. The van der Waals surface area contributed by atoms with Crippen molar-refractivity contribution >= 4 is 0 Å². The average Bonchev–Trinajstić information content (AvgIpc) is 2.47. The summed E-state index contributed by atoms with van der Waals surface area (Å²) < 4.78 is 6.11. The summed E-state index contributed by atoms with van der Waals surface area (Å²) in [7, 11) is 0. The van der Waals surface area contributed by atoms with Crippen LogP contribution in [0, 0.1) is 11.8 Å². The maximum Gasteiger partial charge on any atom is 0.0687 e. The van der Waals surface area contributed by atoms with Crippen LogP contribution in [0.5, 0.6) is 0 Å². The molecular weight excluding hydrogens is 224 g/mol. The normalized spacial score (nSPS) is 29.2. The third-order valence-electron chi connectivity index (χ3n) is 4.49. The van der Waals surface area contributed by atoms with Crippen molar-refractivity contribution in [2.75, 3.05) is 0 Å². The first kappa shape index (κ1) is 16.0. The molecule has 0 aliphatic carbocycles. The van der Waals surface area contributed by atoms with Crippen LogP contribution >= 0.6 is 0 Å². The maximum absolute atomic E-state index is 10.7. The molecule has 3 unspecified atom stereocenters. The molecule has 1 aliphatic heterocycles. The summed E-state index contributed by atoms with van der Waals surface area (Å²) in [6.07, 6.45) is 5.36. The third kappa shape index (κ3) is 3.71. The molecule has 0 radical (unpaired) electrons. The number of aliphatic hydroxyl groups excluding tert-OH is 1. The first-order chi connectivity index (χ1) is 8.23. The molecule has 18 heavy (non-hydrogen) atoms. The van der Waals surface area contributed by atoms with Crippen molar-refractivity contribution < 1.29 is 9.84 Å². The minimum Gasteiger partial charge on any atom is -0.392 e. The molecule has 0 saturated carbocycles. The molecule has 0 aromatic carbocycles. The second-order valence-corrected chi connectivity index (χ2v) is 7.08. The zero-order chi connectivity index (χ0) is 14.0. The minimum absolute atomic E-state index is 0.0990. The Kier molecular flexibility index (Phi) is 5.25. The predicted octanol–water partition coefficient (Wildman–Crippen LogP) is 4.16. The van der Waals surface area contributed by atoms with E-state index in [0.29, 0.717) is 5.92 Å². The monoisotopic (exact) mass is 256 g/mol. The first-order valence-electron chi connectivity index (χ1n) is 7.61. The highest BCUT2D eigenvalue weighted by Crippen LogP contribution is 2.45. The number of hydrogen-bond donors (Lipinski definition) is 1. The van der Waals surface area contributed by atoms with Crippen LogP contribution < -0.4 is 0 Å². The van der Waals surface area contributed by atoms with E-state index in [1.807, 2.05) is 0 Å². The Morgan fingerprint density at radius 1 is 1.22 bits per heavy atom. The van der Waals surface area contributed by atoms with Crippen molar-refractivity contribution in [3.8, 4) is 0 Å². The number of rotatable bonds is 6. The van der Waals surface area contributed by atoms with Crippen molar-refractivity contribution in [3.05, 3.63) is 0 Å². The molecule has 2 heteroatoms. The Hall–Kier alpha value is -0.0800. The second kappa shape index (κ2) is 5.92. The lowest BCUT2D eigenvalue weighted by Crippen LogP contribution is -2.40. The molecule has 1 N–H and O–H groups in total. The third-order valence-corrected chi connectivity index (χ3v) is 4.49. The van der Waals surface area contributed by atoms with E-state index in [1.165, 1.54) is 12.8 Å². The molecule has 1 saturated heterocycles. The summed E-state index contributed by atoms with van der Waals surface area (Å²) in [4.78, 5) is 0. The second-order valence-electron chi connectivity index (χ2n) is 7.08. The summed E-state index contributed by atoms with van der Waals surface area (Å²) in [5.74, 6) is 0.682. The van der Waals surface area contributed by atoms with Gasteiger partial charge in [0.2, 0.25) is 0 Å². The van der Waals surface area contributed by atoms with Crippen molar-refractivity contribution in [2.24, 2.45) is 11.8 Å². The van der Waals surface area contributed by atoms with Gasteiger partial charge in [0.25, 0.3) is 0 Å². The van der Waals surface area contributed by atoms with Gasteiger partial charge >= 0.3 is 0 Å². The summed E-state index contributed by atoms with van der Waals surface area (Å²) in [6.45, 7) is 12.9. The highest BCUT2D eigenvalue weighted by atomic mass is 16.5. The van der Waals surface area contributed by atoms with E-state index in [4.69, 9.17) is 4.74 Å². The van der Waals surface area contributed by atoms with Gasteiger partial charge in [-0.05, 0) is 46.5 Å². The van der Waals surface area contributed by atoms with Gasteiger partial charge in [-0.2, -0.15) is 0 Å². The Morgan fingerprint density at radius 3 is 2.22 bits per heavy atom. The molecule has 0 aromatic rings. The summed E-state index contributed by atoms with van der Waals surface area (Å²) in [5, 5.41) is 10.7. The van der Waals surface area contributed by atoms with Gasteiger partial charge < -0.3 is 9.84 Å². The number of unbranched alkanes of at least 4 members (excludes halogenated alkanes) is 1. The fraction of sp³-hybridized carbons (Fsp3) is 1.00. The van der Waals surface area contributed by atoms with Gasteiger partial charge in [0.1, 0.15) is 0 Å². The Labute approximate surface area is 113 Å². The van der Waals surface area contributed by atoms with E-state index in [9.17, 15) is 5.11 Å². The molecular formula is C16H32O2. The number of hydrogen-bond acceptors (Lipinski definition) is 2. The van der Waals surface area contributed by atoms with Crippen LogP contribution in [0.15, 0.2) is 0 Å². The molecule has 1 aliphatic rings. The highest BCUT2D eigenvalue weighted by molar-refractivity contribution is 4.98. The van der Waals surface area contributed by atoms with Gasteiger partial charge in [0.15, 0.2) is 0 Å². The van der Waals surface area contributed by atoms with Gasteiger partial charge in [0.05, 0.1) is 17.3 Å². The van der Waals surface area contributed by atoms with E-state index in [2.05, 4.69) is 41.5 Å². The summed E-state index contributed by atoms with van der Waals surface area (Å²) >= 11 is 0. The number of ether oxygens (including phenoxy) is 1. The molecule has 1 heterocycles. The average molecular weight is 256 g/mol. The maximum atomic E-state index is 10.7. The lowest BCUT2D eigenvalue weighted by Gasteiger charge is -2.34. The van der Waals surface area contributed by atoms with Crippen molar-refractivity contribution in [1.29, 1.82) is 0 Å². The van der Waals surface area contributed by atoms with E-state index in [1.54, 1.807) is 0 Å². The van der Waals surface area contributed by atoms with Gasteiger partial charge in [-0.25, -0.2) is 0 Å². The van der Waals surface area contributed by atoms with E-state index < -0.39 is 0 Å². The van der Waals surface area contributed by atoms with Gasteiger partial charge in [0, 0.05) is 5.92 Å². The lowest BCUT2D eigenvalue weighted by atomic mass is 9.76. The van der Waals surface area contributed by atoms with Crippen molar-refractivity contribution in [1.82, 2.24) is 0 Å². The van der Waals surface area contributed by atoms with Gasteiger partial charge in [-0.15, -0.1) is 0 Å². The van der Waals surface area contributed by atoms with Crippen LogP contribution in [-0.4, -0.2) is 22.4 Å².